The molecule has 0 unspecified atom stereocenters. The smallest absolute Gasteiger partial charge is 0.226 e. The highest BCUT2D eigenvalue weighted by atomic mass is 127. The molecule has 0 aliphatic rings. The maximum Gasteiger partial charge on any atom is 0.226 e. The lowest BCUT2D eigenvalue weighted by Gasteiger charge is -2.08. The molecule has 0 bridgehead atoms. The predicted octanol–water partition coefficient (Wildman–Crippen LogP) is 2.89. The van der Waals surface area contributed by atoms with Crippen molar-refractivity contribution in [3.8, 4) is 11.6 Å². The molecule has 0 fully saturated rings. The van der Waals surface area contributed by atoms with E-state index in [-0.39, 0.29) is 5.95 Å². The third-order valence-corrected chi connectivity index (χ3v) is 2.77. The van der Waals surface area contributed by atoms with E-state index in [9.17, 15) is 0 Å². The van der Waals surface area contributed by atoms with Crippen LogP contribution in [0, 0.1) is 3.57 Å². The highest BCUT2D eigenvalue weighted by Gasteiger charge is 2.04. The molecule has 2 rings (SSSR count). The molecular formula is C12H13IN4O. The summed E-state index contributed by atoms with van der Waals surface area (Å²) in [6.45, 7) is 2.75. The van der Waals surface area contributed by atoms with Gasteiger partial charge in [0.15, 0.2) is 0 Å². The first-order chi connectivity index (χ1) is 8.67. The fraction of sp³-hybridized carbons (Fsp3) is 0.167. The summed E-state index contributed by atoms with van der Waals surface area (Å²) in [7, 11) is 0. The number of hydrogen-bond acceptors (Lipinski definition) is 5. The standard InChI is InChI=1S/C12H13IN4O/c1-2-15-10-7-11(17-12(14)16-10)18-9-5-3-4-8(13)6-9/h3-7H,2H2,1H3,(H3,14,15,16,17). The number of anilines is 2. The largest absolute Gasteiger partial charge is 0.439 e. The van der Waals surface area contributed by atoms with Crippen molar-refractivity contribution in [2.75, 3.05) is 17.6 Å². The molecule has 1 aromatic carbocycles. The number of nitrogens with zero attached hydrogens (tertiary/aromatic N) is 2. The number of aromatic nitrogens is 2. The average Bonchev–Trinajstić information content (AvgIpc) is 2.28. The fourth-order valence-electron chi connectivity index (χ4n) is 1.42. The number of rotatable bonds is 4. The minimum Gasteiger partial charge on any atom is -0.439 e. The monoisotopic (exact) mass is 356 g/mol. The summed E-state index contributed by atoms with van der Waals surface area (Å²) in [5, 5.41) is 3.07. The molecule has 0 atom stereocenters. The first-order valence-electron chi connectivity index (χ1n) is 5.49. The van der Waals surface area contributed by atoms with Gasteiger partial charge >= 0.3 is 0 Å². The molecule has 1 heterocycles. The third kappa shape index (κ3) is 3.46. The van der Waals surface area contributed by atoms with E-state index in [0.29, 0.717) is 11.7 Å². The molecule has 0 saturated carbocycles. The molecule has 2 aromatic rings. The molecule has 94 valence electrons. The summed E-state index contributed by atoms with van der Waals surface area (Å²) in [6.07, 6.45) is 0. The van der Waals surface area contributed by atoms with Gasteiger partial charge in [0, 0.05) is 16.2 Å². The van der Waals surface area contributed by atoms with Crippen LogP contribution in [0.1, 0.15) is 6.92 Å². The number of nitrogens with two attached hydrogens (primary N) is 1. The van der Waals surface area contributed by atoms with Crippen LogP contribution in [0.2, 0.25) is 0 Å². The number of benzene rings is 1. The first-order valence-corrected chi connectivity index (χ1v) is 6.57. The van der Waals surface area contributed by atoms with E-state index in [1.54, 1.807) is 6.07 Å². The van der Waals surface area contributed by atoms with Gasteiger partial charge in [-0.05, 0) is 47.7 Å². The maximum absolute atomic E-state index is 5.65. The van der Waals surface area contributed by atoms with Crippen LogP contribution in [0.4, 0.5) is 11.8 Å². The lowest BCUT2D eigenvalue weighted by molar-refractivity contribution is 0.462. The maximum atomic E-state index is 5.65. The number of nitrogen functional groups attached to an aromatic ring is 1. The van der Waals surface area contributed by atoms with Crippen molar-refractivity contribution < 1.29 is 4.74 Å². The number of hydrogen-bond donors (Lipinski definition) is 2. The van der Waals surface area contributed by atoms with E-state index in [4.69, 9.17) is 10.5 Å². The zero-order valence-electron chi connectivity index (χ0n) is 9.85. The van der Waals surface area contributed by atoms with Crippen LogP contribution >= 0.6 is 22.6 Å². The van der Waals surface area contributed by atoms with E-state index in [1.165, 1.54) is 0 Å². The van der Waals surface area contributed by atoms with Crippen LogP contribution in [0.3, 0.4) is 0 Å². The summed E-state index contributed by atoms with van der Waals surface area (Å²) < 4.78 is 6.75. The van der Waals surface area contributed by atoms with Crippen LogP contribution in [-0.2, 0) is 0 Å². The summed E-state index contributed by atoms with van der Waals surface area (Å²) in [4.78, 5) is 8.10. The van der Waals surface area contributed by atoms with Gasteiger partial charge in [0.05, 0.1) is 0 Å². The van der Waals surface area contributed by atoms with Crippen molar-refractivity contribution in [1.82, 2.24) is 9.97 Å². The number of ether oxygens (including phenoxy) is 1. The van der Waals surface area contributed by atoms with E-state index in [0.717, 1.165) is 15.9 Å². The molecule has 1 aromatic heterocycles. The normalized spacial score (nSPS) is 10.1. The topological polar surface area (TPSA) is 73.1 Å². The predicted molar refractivity (Wildman–Crippen MR) is 79.8 cm³/mol. The van der Waals surface area contributed by atoms with E-state index < -0.39 is 0 Å². The minimum atomic E-state index is 0.189. The zero-order valence-corrected chi connectivity index (χ0v) is 12.0. The lowest BCUT2D eigenvalue weighted by atomic mass is 10.3. The van der Waals surface area contributed by atoms with Crippen molar-refractivity contribution in [1.29, 1.82) is 0 Å². The summed E-state index contributed by atoms with van der Waals surface area (Å²) in [6, 6.07) is 9.43. The summed E-state index contributed by atoms with van der Waals surface area (Å²) in [5.74, 6) is 2.00. The quantitative estimate of drug-likeness (QED) is 0.825. The Morgan fingerprint density at radius 2 is 2.17 bits per heavy atom. The molecule has 5 nitrogen and oxygen atoms in total. The van der Waals surface area contributed by atoms with Gasteiger partial charge in [-0.3, -0.25) is 0 Å². The molecule has 0 saturated heterocycles. The Hall–Kier alpha value is -1.57. The van der Waals surface area contributed by atoms with Gasteiger partial charge in [0.1, 0.15) is 11.6 Å². The van der Waals surface area contributed by atoms with E-state index in [1.807, 2.05) is 31.2 Å². The average molecular weight is 356 g/mol. The second kappa shape index (κ2) is 5.85. The second-order valence-corrected chi connectivity index (χ2v) is 4.79. The Balaban J connectivity index is 2.23. The highest BCUT2D eigenvalue weighted by molar-refractivity contribution is 14.1. The molecule has 0 aliphatic carbocycles. The van der Waals surface area contributed by atoms with Crippen LogP contribution < -0.4 is 15.8 Å². The van der Waals surface area contributed by atoms with Crippen LogP contribution in [-0.4, -0.2) is 16.5 Å². The molecule has 6 heteroatoms. The molecule has 3 N–H and O–H groups in total. The van der Waals surface area contributed by atoms with Gasteiger partial charge in [-0.2, -0.15) is 9.97 Å². The van der Waals surface area contributed by atoms with E-state index >= 15 is 0 Å². The Labute approximate surface area is 119 Å². The van der Waals surface area contributed by atoms with E-state index in [2.05, 4.69) is 37.9 Å². The summed E-state index contributed by atoms with van der Waals surface area (Å²) >= 11 is 2.23. The molecule has 18 heavy (non-hydrogen) atoms. The molecule has 0 radical (unpaired) electrons. The first kappa shape index (κ1) is 12.9. The molecule has 0 aliphatic heterocycles. The van der Waals surface area contributed by atoms with Gasteiger partial charge in [0.25, 0.3) is 0 Å². The van der Waals surface area contributed by atoms with Gasteiger partial charge in [-0.25, -0.2) is 0 Å². The van der Waals surface area contributed by atoms with Crippen molar-refractivity contribution in [3.05, 3.63) is 33.9 Å². The van der Waals surface area contributed by atoms with Crippen molar-refractivity contribution in [3.63, 3.8) is 0 Å². The second-order valence-electron chi connectivity index (χ2n) is 3.54. The van der Waals surface area contributed by atoms with Crippen LogP contribution in [0.5, 0.6) is 11.6 Å². The summed E-state index contributed by atoms with van der Waals surface area (Å²) in [5.41, 5.74) is 5.63. The van der Waals surface area contributed by atoms with Crippen molar-refractivity contribution in [2.24, 2.45) is 0 Å². The number of nitrogens with one attached hydrogen (secondary N) is 1. The molecule has 0 amide bonds. The van der Waals surface area contributed by atoms with Gasteiger partial charge in [0.2, 0.25) is 11.8 Å². The SMILES string of the molecule is CCNc1cc(Oc2cccc(I)c2)nc(N)n1. The zero-order chi connectivity index (χ0) is 13.0. The van der Waals surface area contributed by atoms with Gasteiger partial charge in [-0.15, -0.1) is 0 Å². The van der Waals surface area contributed by atoms with Crippen molar-refractivity contribution >= 4 is 34.4 Å². The van der Waals surface area contributed by atoms with Gasteiger partial charge in [-0.1, -0.05) is 6.07 Å². The molecular weight excluding hydrogens is 343 g/mol. The Kier molecular flexibility index (Phi) is 4.19. The Morgan fingerprint density at radius 3 is 2.89 bits per heavy atom. The molecule has 0 spiro atoms. The van der Waals surface area contributed by atoms with Crippen LogP contribution in [0.25, 0.3) is 0 Å². The number of halogens is 1. The fourth-order valence-corrected chi connectivity index (χ4v) is 1.93. The third-order valence-electron chi connectivity index (χ3n) is 2.10. The minimum absolute atomic E-state index is 0.189. The lowest BCUT2D eigenvalue weighted by Crippen LogP contribution is -2.04. The highest BCUT2D eigenvalue weighted by Crippen LogP contribution is 2.23. The van der Waals surface area contributed by atoms with Crippen molar-refractivity contribution in [2.45, 2.75) is 6.92 Å². The van der Waals surface area contributed by atoms with Gasteiger partial charge < -0.3 is 15.8 Å². The van der Waals surface area contributed by atoms with Crippen LogP contribution in [0.15, 0.2) is 30.3 Å². The Morgan fingerprint density at radius 1 is 1.33 bits per heavy atom. The Bertz CT molecular complexity index is 547.